The van der Waals surface area contributed by atoms with E-state index in [1.807, 2.05) is 29.2 Å². The number of hydrogen-bond donors (Lipinski definition) is 0. The Kier molecular flexibility index (Phi) is 4.49. The average molecular weight is 354 g/mol. The van der Waals surface area contributed by atoms with Crippen molar-refractivity contribution >= 4 is 27.5 Å². The maximum absolute atomic E-state index is 13.1. The summed E-state index contributed by atoms with van der Waals surface area (Å²) in [5.41, 5.74) is 1.93. The summed E-state index contributed by atoms with van der Waals surface area (Å²) in [5.74, 6) is 1.00. The van der Waals surface area contributed by atoms with Gasteiger partial charge in [0, 0.05) is 25.0 Å². The Bertz CT molecular complexity index is 890. The highest BCUT2D eigenvalue weighted by molar-refractivity contribution is 7.16. The van der Waals surface area contributed by atoms with Crippen LogP contribution in [0.15, 0.2) is 41.8 Å². The summed E-state index contributed by atoms with van der Waals surface area (Å²) in [7, 11) is 1.68. The number of methoxy groups -OCH3 is 1. The molecule has 1 saturated heterocycles. The quantitative estimate of drug-likeness (QED) is 0.696. The smallest absolute Gasteiger partial charge is 0.270 e. The minimum Gasteiger partial charge on any atom is -0.497 e. The van der Waals surface area contributed by atoms with E-state index in [0.717, 1.165) is 53.2 Å². The van der Waals surface area contributed by atoms with Gasteiger partial charge >= 0.3 is 0 Å². The molecule has 1 aromatic carbocycles. The van der Waals surface area contributed by atoms with Gasteiger partial charge in [0.1, 0.15) is 16.3 Å². The molecule has 0 bridgehead atoms. The lowest BCUT2D eigenvalue weighted by molar-refractivity contribution is 0.0714. The minimum atomic E-state index is 0.158. The number of rotatable bonds is 4. The molecule has 3 heterocycles. The van der Waals surface area contributed by atoms with Gasteiger partial charge in [0.2, 0.25) is 0 Å². The number of likely N-dealkylation sites (tertiary alicyclic amines) is 1. The van der Waals surface area contributed by atoms with Crippen LogP contribution in [-0.2, 0) is 6.54 Å². The van der Waals surface area contributed by atoms with Crippen molar-refractivity contribution in [2.75, 3.05) is 20.2 Å². The third-order valence-electron chi connectivity index (χ3n) is 4.84. The van der Waals surface area contributed by atoms with E-state index in [0.29, 0.717) is 6.54 Å². The summed E-state index contributed by atoms with van der Waals surface area (Å²) >= 11 is 1.69. The number of aromatic nitrogens is 1. The zero-order valence-corrected chi connectivity index (χ0v) is 15.2. The molecule has 1 aliphatic rings. The summed E-state index contributed by atoms with van der Waals surface area (Å²) in [4.78, 5) is 16.2. The normalized spacial score (nSPS) is 14.8. The Hall–Kier alpha value is -2.27. The van der Waals surface area contributed by atoms with Crippen LogP contribution in [0.4, 0.5) is 0 Å². The Morgan fingerprint density at radius 1 is 1.16 bits per heavy atom. The molecule has 0 atom stereocenters. The van der Waals surface area contributed by atoms with Gasteiger partial charge in [-0.25, -0.2) is 0 Å². The third-order valence-corrected chi connectivity index (χ3v) is 5.79. The van der Waals surface area contributed by atoms with Gasteiger partial charge in [-0.1, -0.05) is 12.1 Å². The largest absolute Gasteiger partial charge is 0.497 e. The van der Waals surface area contributed by atoms with Crippen LogP contribution in [-0.4, -0.2) is 35.6 Å². The Labute approximate surface area is 151 Å². The lowest BCUT2D eigenvalue weighted by Gasteiger charge is -2.27. The SMILES string of the molecule is COc1cccc(Cn2c(C(=O)N3CCCCC3)cc3ccsc32)c1. The predicted molar refractivity (Wildman–Crippen MR) is 102 cm³/mol. The molecular formula is C20H22N2O2S. The highest BCUT2D eigenvalue weighted by Gasteiger charge is 2.23. The molecule has 4 nitrogen and oxygen atoms in total. The van der Waals surface area contributed by atoms with Gasteiger partial charge in [0.05, 0.1) is 7.11 Å². The zero-order chi connectivity index (χ0) is 17.2. The molecule has 2 aromatic heterocycles. The van der Waals surface area contributed by atoms with E-state index in [4.69, 9.17) is 4.74 Å². The molecule has 4 rings (SSSR count). The van der Waals surface area contributed by atoms with Gasteiger partial charge in [-0.2, -0.15) is 0 Å². The van der Waals surface area contributed by atoms with Crippen LogP contribution < -0.4 is 4.74 Å². The van der Waals surface area contributed by atoms with Crippen molar-refractivity contribution in [2.24, 2.45) is 0 Å². The first-order valence-electron chi connectivity index (χ1n) is 8.75. The van der Waals surface area contributed by atoms with Crippen molar-refractivity contribution in [2.45, 2.75) is 25.8 Å². The molecule has 1 fully saturated rings. The van der Waals surface area contributed by atoms with Gasteiger partial charge in [0.25, 0.3) is 5.91 Å². The van der Waals surface area contributed by atoms with E-state index in [1.54, 1.807) is 18.4 Å². The number of thiophene rings is 1. The number of benzene rings is 1. The van der Waals surface area contributed by atoms with Gasteiger partial charge in [-0.15, -0.1) is 11.3 Å². The fourth-order valence-electron chi connectivity index (χ4n) is 3.52. The van der Waals surface area contributed by atoms with Crippen molar-refractivity contribution < 1.29 is 9.53 Å². The van der Waals surface area contributed by atoms with Crippen LogP contribution in [0.2, 0.25) is 0 Å². The monoisotopic (exact) mass is 354 g/mol. The molecule has 130 valence electrons. The van der Waals surface area contributed by atoms with Gasteiger partial charge in [-0.3, -0.25) is 4.79 Å². The maximum Gasteiger partial charge on any atom is 0.270 e. The summed E-state index contributed by atoms with van der Waals surface area (Å²) in [5, 5.41) is 3.23. The van der Waals surface area contributed by atoms with Gasteiger partial charge in [-0.05, 0) is 54.5 Å². The van der Waals surface area contributed by atoms with E-state index >= 15 is 0 Å². The number of carbonyl (C=O) groups is 1. The Balaban J connectivity index is 1.71. The summed E-state index contributed by atoms with van der Waals surface area (Å²) in [6.07, 6.45) is 3.44. The maximum atomic E-state index is 13.1. The number of fused-ring (bicyclic) bond motifs is 1. The van der Waals surface area contributed by atoms with Gasteiger partial charge in [0.15, 0.2) is 0 Å². The molecule has 5 heteroatoms. The standard InChI is InChI=1S/C20H22N2O2S/c1-24-17-7-5-6-15(12-17)14-22-18(13-16-8-11-25-20(16)22)19(23)21-9-3-2-4-10-21/h5-8,11-13H,2-4,9-10,14H2,1H3. The fourth-order valence-corrected chi connectivity index (χ4v) is 4.42. The van der Waals surface area contributed by atoms with Crippen LogP contribution in [0.5, 0.6) is 5.75 Å². The van der Waals surface area contributed by atoms with E-state index in [2.05, 4.69) is 22.1 Å². The fraction of sp³-hybridized carbons (Fsp3) is 0.350. The average Bonchev–Trinajstić information content (AvgIpc) is 3.25. The molecule has 0 saturated carbocycles. The molecule has 3 aromatic rings. The predicted octanol–water partition coefficient (Wildman–Crippen LogP) is 4.39. The highest BCUT2D eigenvalue weighted by atomic mass is 32.1. The summed E-state index contributed by atoms with van der Waals surface area (Å²) in [6, 6.07) is 12.2. The molecule has 0 N–H and O–H groups in total. The molecular weight excluding hydrogens is 332 g/mol. The topological polar surface area (TPSA) is 34.5 Å². The number of ether oxygens (including phenoxy) is 1. The lowest BCUT2D eigenvalue weighted by atomic mass is 10.1. The van der Waals surface area contributed by atoms with E-state index in [1.165, 1.54) is 6.42 Å². The Morgan fingerprint density at radius 2 is 2.00 bits per heavy atom. The molecule has 0 unspecified atom stereocenters. The number of hydrogen-bond acceptors (Lipinski definition) is 3. The molecule has 1 amide bonds. The first-order valence-corrected chi connectivity index (χ1v) is 9.63. The van der Waals surface area contributed by atoms with Crippen molar-refractivity contribution in [3.05, 3.63) is 53.0 Å². The zero-order valence-electron chi connectivity index (χ0n) is 14.4. The minimum absolute atomic E-state index is 0.158. The van der Waals surface area contributed by atoms with Crippen LogP contribution >= 0.6 is 11.3 Å². The number of amides is 1. The van der Waals surface area contributed by atoms with E-state index in [9.17, 15) is 4.79 Å². The Morgan fingerprint density at radius 3 is 2.80 bits per heavy atom. The second-order valence-electron chi connectivity index (χ2n) is 6.50. The van der Waals surface area contributed by atoms with E-state index < -0.39 is 0 Å². The molecule has 25 heavy (non-hydrogen) atoms. The first kappa shape index (κ1) is 16.2. The number of piperidine rings is 1. The molecule has 1 aliphatic heterocycles. The van der Waals surface area contributed by atoms with Crippen LogP contribution in [0, 0.1) is 0 Å². The van der Waals surface area contributed by atoms with Crippen molar-refractivity contribution in [3.8, 4) is 5.75 Å². The molecule has 0 aliphatic carbocycles. The van der Waals surface area contributed by atoms with Crippen molar-refractivity contribution in [1.82, 2.24) is 9.47 Å². The van der Waals surface area contributed by atoms with E-state index in [-0.39, 0.29) is 5.91 Å². The highest BCUT2D eigenvalue weighted by Crippen LogP contribution is 2.28. The lowest BCUT2D eigenvalue weighted by Crippen LogP contribution is -2.36. The first-order chi connectivity index (χ1) is 12.3. The van der Waals surface area contributed by atoms with Crippen LogP contribution in [0.1, 0.15) is 35.3 Å². The van der Waals surface area contributed by atoms with Crippen molar-refractivity contribution in [3.63, 3.8) is 0 Å². The van der Waals surface area contributed by atoms with Gasteiger partial charge < -0.3 is 14.2 Å². The summed E-state index contributed by atoms with van der Waals surface area (Å²) in [6.45, 7) is 2.42. The summed E-state index contributed by atoms with van der Waals surface area (Å²) < 4.78 is 7.50. The third kappa shape index (κ3) is 3.16. The van der Waals surface area contributed by atoms with Crippen molar-refractivity contribution in [1.29, 1.82) is 0 Å². The molecule has 0 spiro atoms. The second kappa shape index (κ2) is 6.92. The number of nitrogens with zero attached hydrogens (tertiary/aromatic N) is 2. The second-order valence-corrected chi connectivity index (χ2v) is 7.40. The van der Waals surface area contributed by atoms with Crippen LogP contribution in [0.3, 0.4) is 0 Å². The van der Waals surface area contributed by atoms with Crippen LogP contribution in [0.25, 0.3) is 10.2 Å². The number of carbonyl (C=O) groups excluding carboxylic acids is 1. The molecule has 0 radical (unpaired) electrons.